The highest BCUT2D eigenvalue weighted by molar-refractivity contribution is 6.33. The molecule has 2 N–H and O–H groups in total. The normalized spacial score (nSPS) is 18.6. The first-order chi connectivity index (χ1) is 9.10. The lowest BCUT2D eigenvalue weighted by molar-refractivity contribution is -0.126. The number of piperidine rings is 1. The molecule has 5 nitrogen and oxygen atoms in total. The van der Waals surface area contributed by atoms with Crippen molar-refractivity contribution in [2.24, 2.45) is 5.92 Å². The molecule has 0 aliphatic carbocycles. The van der Waals surface area contributed by atoms with Crippen molar-refractivity contribution < 1.29 is 14.3 Å². The first kappa shape index (κ1) is 13.7. The molecule has 0 spiro atoms. The van der Waals surface area contributed by atoms with Crippen LogP contribution in [0.4, 0.5) is 5.69 Å². The zero-order valence-electron chi connectivity index (χ0n) is 10.5. The van der Waals surface area contributed by atoms with E-state index in [0.717, 1.165) is 0 Å². The molecule has 1 aromatic carbocycles. The molecule has 0 saturated carbocycles. The van der Waals surface area contributed by atoms with Gasteiger partial charge in [-0.25, -0.2) is 0 Å². The maximum absolute atomic E-state index is 12.1. The largest absolute Gasteiger partial charge is 0.497 e. The third kappa shape index (κ3) is 3.38. The van der Waals surface area contributed by atoms with Gasteiger partial charge in [-0.1, -0.05) is 11.6 Å². The third-order valence-electron chi connectivity index (χ3n) is 3.07. The first-order valence-electron chi connectivity index (χ1n) is 6.01. The monoisotopic (exact) mass is 282 g/mol. The molecular weight excluding hydrogens is 268 g/mol. The van der Waals surface area contributed by atoms with Gasteiger partial charge >= 0.3 is 0 Å². The number of nitrogens with one attached hydrogen (secondary N) is 2. The number of ether oxygens (including phenoxy) is 1. The van der Waals surface area contributed by atoms with Crippen LogP contribution in [0.2, 0.25) is 5.02 Å². The van der Waals surface area contributed by atoms with Gasteiger partial charge in [0.2, 0.25) is 11.8 Å². The molecule has 1 atom stereocenters. The van der Waals surface area contributed by atoms with Gasteiger partial charge in [-0.05, 0) is 18.6 Å². The number of hydrogen-bond acceptors (Lipinski definition) is 3. The second-order valence-electron chi connectivity index (χ2n) is 4.37. The highest BCUT2D eigenvalue weighted by atomic mass is 35.5. The molecule has 6 heteroatoms. The molecule has 102 valence electrons. The second kappa shape index (κ2) is 5.93. The Morgan fingerprint density at radius 3 is 2.95 bits per heavy atom. The molecule has 19 heavy (non-hydrogen) atoms. The number of hydrogen-bond donors (Lipinski definition) is 2. The molecule has 1 fully saturated rings. The van der Waals surface area contributed by atoms with Crippen LogP contribution in [0.25, 0.3) is 0 Å². The minimum absolute atomic E-state index is 0.0107. The van der Waals surface area contributed by atoms with Gasteiger partial charge in [-0.3, -0.25) is 9.59 Å². The standard InChI is InChI=1S/C13H15ClN2O3/c1-19-9-3-4-10(14)11(6-9)16-13(18)8-2-5-12(17)15-7-8/h3-4,6,8H,2,5,7H2,1H3,(H,15,17)(H,16,18). The summed E-state index contributed by atoms with van der Waals surface area (Å²) in [5, 5.41) is 5.90. The Labute approximate surface area is 116 Å². The topological polar surface area (TPSA) is 67.4 Å². The predicted octanol–water partition coefficient (Wildman–Crippen LogP) is 1.81. The van der Waals surface area contributed by atoms with Crippen LogP contribution in [0.3, 0.4) is 0 Å². The molecule has 1 heterocycles. The lowest BCUT2D eigenvalue weighted by atomic mass is 9.98. The van der Waals surface area contributed by atoms with Gasteiger partial charge < -0.3 is 15.4 Å². The number of carbonyl (C=O) groups excluding carboxylic acids is 2. The molecule has 2 amide bonds. The Bertz CT molecular complexity index is 495. The maximum atomic E-state index is 12.1. The molecule has 0 aromatic heterocycles. The quantitative estimate of drug-likeness (QED) is 0.888. The van der Waals surface area contributed by atoms with E-state index in [-0.39, 0.29) is 17.7 Å². The Morgan fingerprint density at radius 2 is 2.32 bits per heavy atom. The molecule has 2 rings (SSSR count). The Balaban J connectivity index is 2.04. The summed E-state index contributed by atoms with van der Waals surface area (Å²) in [6.45, 7) is 0.367. The maximum Gasteiger partial charge on any atom is 0.229 e. The van der Waals surface area contributed by atoms with E-state index in [4.69, 9.17) is 16.3 Å². The third-order valence-corrected chi connectivity index (χ3v) is 3.40. The van der Waals surface area contributed by atoms with Crippen molar-refractivity contribution in [2.45, 2.75) is 12.8 Å². The number of amides is 2. The van der Waals surface area contributed by atoms with Gasteiger partial charge in [0, 0.05) is 19.0 Å². The van der Waals surface area contributed by atoms with Crippen LogP contribution in [-0.4, -0.2) is 25.5 Å². The van der Waals surface area contributed by atoms with Crippen molar-refractivity contribution in [3.63, 3.8) is 0 Å². The smallest absolute Gasteiger partial charge is 0.229 e. The van der Waals surface area contributed by atoms with Crippen LogP contribution < -0.4 is 15.4 Å². The number of benzene rings is 1. The van der Waals surface area contributed by atoms with Gasteiger partial charge in [0.1, 0.15) is 5.75 Å². The zero-order valence-corrected chi connectivity index (χ0v) is 11.3. The van der Waals surface area contributed by atoms with E-state index in [9.17, 15) is 9.59 Å². The van der Waals surface area contributed by atoms with Crippen LogP contribution in [-0.2, 0) is 9.59 Å². The van der Waals surface area contributed by atoms with E-state index >= 15 is 0 Å². The summed E-state index contributed by atoms with van der Waals surface area (Å²) < 4.78 is 5.08. The van der Waals surface area contributed by atoms with Gasteiger partial charge in [0.05, 0.1) is 23.7 Å². The van der Waals surface area contributed by atoms with E-state index in [1.165, 1.54) is 0 Å². The molecule has 1 unspecified atom stereocenters. The van der Waals surface area contributed by atoms with E-state index in [1.54, 1.807) is 25.3 Å². The minimum Gasteiger partial charge on any atom is -0.497 e. The molecule has 1 aliphatic heterocycles. The van der Waals surface area contributed by atoms with Crippen molar-refractivity contribution in [1.82, 2.24) is 5.32 Å². The van der Waals surface area contributed by atoms with Crippen LogP contribution in [0.1, 0.15) is 12.8 Å². The van der Waals surface area contributed by atoms with Crippen molar-refractivity contribution in [3.05, 3.63) is 23.2 Å². The average molecular weight is 283 g/mol. The molecule has 1 aromatic rings. The summed E-state index contributed by atoms with van der Waals surface area (Å²) in [6, 6.07) is 5.05. The molecule has 0 bridgehead atoms. The Kier molecular flexibility index (Phi) is 4.27. The lowest BCUT2D eigenvalue weighted by Gasteiger charge is -2.21. The first-order valence-corrected chi connectivity index (χ1v) is 6.39. The van der Waals surface area contributed by atoms with Gasteiger partial charge in [-0.15, -0.1) is 0 Å². The summed E-state index contributed by atoms with van der Waals surface area (Å²) in [4.78, 5) is 23.1. The van der Waals surface area contributed by atoms with Gasteiger partial charge in [0.25, 0.3) is 0 Å². The van der Waals surface area contributed by atoms with Gasteiger partial charge in [0.15, 0.2) is 0 Å². The number of anilines is 1. The minimum atomic E-state index is -0.222. The summed E-state index contributed by atoms with van der Waals surface area (Å²) in [5.41, 5.74) is 0.517. The molecule has 0 radical (unpaired) electrons. The second-order valence-corrected chi connectivity index (χ2v) is 4.78. The van der Waals surface area contributed by atoms with Crippen molar-refractivity contribution >= 4 is 29.1 Å². The number of carbonyl (C=O) groups is 2. The Hall–Kier alpha value is -1.75. The van der Waals surface area contributed by atoms with Crippen molar-refractivity contribution in [1.29, 1.82) is 0 Å². The highest BCUT2D eigenvalue weighted by Crippen LogP contribution is 2.27. The fourth-order valence-electron chi connectivity index (χ4n) is 1.92. The van der Waals surface area contributed by atoms with Crippen LogP contribution >= 0.6 is 11.6 Å². The number of rotatable bonds is 3. The summed E-state index contributed by atoms with van der Waals surface area (Å²) in [6.07, 6.45) is 0.934. The summed E-state index contributed by atoms with van der Waals surface area (Å²) in [5.74, 6) is 0.246. The van der Waals surface area contributed by atoms with E-state index in [2.05, 4.69) is 10.6 Å². The SMILES string of the molecule is COc1ccc(Cl)c(NC(=O)C2CCC(=O)NC2)c1. The van der Waals surface area contributed by atoms with Crippen molar-refractivity contribution in [3.8, 4) is 5.75 Å². The fourth-order valence-corrected chi connectivity index (χ4v) is 2.08. The molecule has 1 saturated heterocycles. The van der Waals surface area contributed by atoms with Crippen LogP contribution in [0.5, 0.6) is 5.75 Å². The number of methoxy groups -OCH3 is 1. The summed E-state index contributed by atoms with van der Waals surface area (Å²) >= 11 is 6.02. The highest BCUT2D eigenvalue weighted by Gasteiger charge is 2.24. The molecular formula is C13H15ClN2O3. The van der Waals surface area contributed by atoms with Crippen molar-refractivity contribution in [2.75, 3.05) is 19.0 Å². The van der Waals surface area contributed by atoms with E-state index < -0.39 is 0 Å². The predicted molar refractivity (Wildman–Crippen MR) is 72.4 cm³/mol. The average Bonchev–Trinajstić information content (AvgIpc) is 2.42. The fraction of sp³-hybridized carbons (Fsp3) is 0.385. The Morgan fingerprint density at radius 1 is 1.53 bits per heavy atom. The van der Waals surface area contributed by atoms with Gasteiger partial charge in [-0.2, -0.15) is 0 Å². The zero-order chi connectivity index (χ0) is 13.8. The van der Waals surface area contributed by atoms with Crippen LogP contribution in [0, 0.1) is 5.92 Å². The van der Waals surface area contributed by atoms with E-state index in [0.29, 0.717) is 35.8 Å². The lowest BCUT2D eigenvalue weighted by Crippen LogP contribution is -2.40. The summed E-state index contributed by atoms with van der Waals surface area (Å²) in [7, 11) is 1.55. The van der Waals surface area contributed by atoms with E-state index in [1.807, 2.05) is 0 Å². The molecule has 1 aliphatic rings. The number of halogens is 1. The van der Waals surface area contributed by atoms with Crippen LogP contribution in [0.15, 0.2) is 18.2 Å².